The molecule has 0 spiro atoms. The summed E-state index contributed by atoms with van der Waals surface area (Å²) in [5, 5.41) is 5.06. The first-order valence-corrected chi connectivity index (χ1v) is 37.3. The van der Waals surface area contributed by atoms with Crippen LogP contribution in [0.4, 0.5) is 0 Å². The summed E-state index contributed by atoms with van der Waals surface area (Å²) in [6, 6.07) is 44.7. The van der Waals surface area contributed by atoms with Crippen LogP contribution in [0, 0.1) is 10.8 Å². The van der Waals surface area contributed by atoms with Gasteiger partial charge in [-0.25, -0.2) is 0 Å². The summed E-state index contributed by atoms with van der Waals surface area (Å²) in [6.45, 7) is 38.8. The van der Waals surface area contributed by atoms with Crippen molar-refractivity contribution >= 4 is 91.9 Å². The molecule has 316 valence electrons. The first kappa shape index (κ1) is 47.9. The van der Waals surface area contributed by atoms with E-state index < -0.39 is 70.7 Å². The van der Waals surface area contributed by atoms with Crippen LogP contribution in [0.25, 0.3) is 0 Å². The Hall–Kier alpha value is -1.13. The molecular formula is C46H72N6P2Si2Te2. The molecule has 12 heteroatoms. The average molecular weight is 1080 g/mol. The first-order valence-electron chi connectivity index (χ1n) is 20.7. The first-order chi connectivity index (χ1) is 26.7. The summed E-state index contributed by atoms with van der Waals surface area (Å²) < 4.78 is 31.4. The van der Waals surface area contributed by atoms with Gasteiger partial charge >= 0.3 is 374 Å². The van der Waals surface area contributed by atoms with E-state index in [1.165, 1.54) is 21.2 Å². The van der Waals surface area contributed by atoms with Crippen molar-refractivity contribution in [3.63, 3.8) is 0 Å². The number of hydrogen-bond acceptors (Lipinski definition) is 2. The minimum absolute atomic E-state index is 0.111. The van der Waals surface area contributed by atoms with Crippen molar-refractivity contribution in [2.24, 2.45) is 25.6 Å². The van der Waals surface area contributed by atoms with Gasteiger partial charge in [-0.15, -0.1) is 0 Å². The molecule has 4 aromatic rings. The number of hydrogen-bond donors (Lipinski definition) is 0. The molecule has 0 radical (unpaired) electrons. The van der Waals surface area contributed by atoms with Crippen LogP contribution in [-0.4, -0.2) is 70.2 Å². The van der Waals surface area contributed by atoms with Crippen molar-refractivity contribution in [3.05, 3.63) is 121 Å². The minimum atomic E-state index is -2.84. The molecule has 0 bridgehead atoms. The summed E-state index contributed by atoms with van der Waals surface area (Å²) in [7, 11) is -9.29. The Morgan fingerprint density at radius 3 is 0.828 bits per heavy atom. The molecule has 1 aliphatic heterocycles. The van der Waals surface area contributed by atoms with Crippen LogP contribution in [0.3, 0.4) is 0 Å². The van der Waals surface area contributed by atoms with Crippen molar-refractivity contribution in [2.75, 3.05) is 0 Å². The van der Waals surface area contributed by atoms with E-state index in [9.17, 15) is 0 Å². The third-order valence-corrected chi connectivity index (χ3v) is 47.0. The normalized spacial score (nSPS) is 16.1. The quantitative estimate of drug-likeness (QED) is 0.105. The molecule has 1 fully saturated rings. The Balaban J connectivity index is 2.05. The van der Waals surface area contributed by atoms with Gasteiger partial charge in [0.1, 0.15) is 0 Å². The van der Waals surface area contributed by atoms with E-state index in [-0.39, 0.29) is 21.9 Å². The molecular weight excluding hydrogens is 1010 g/mol. The molecule has 1 heterocycles. The average Bonchev–Trinajstić information content (AvgIpc) is 3.08. The van der Waals surface area contributed by atoms with Crippen molar-refractivity contribution in [1.82, 2.24) is 2.80 Å². The van der Waals surface area contributed by atoms with Crippen molar-refractivity contribution in [3.8, 4) is 0 Å². The van der Waals surface area contributed by atoms with Crippen LogP contribution in [0.2, 0.25) is 39.3 Å². The maximum atomic E-state index is 6.57. The second kappa shape index (κ2) is 17.9. The van der Waals surface area contributed by atoms with Gasteiger partial charge < -0.3 is 0 Å². The molecule has 1 aliphatic rings. The van der Waals surface area contributed by atoms with Gasteiger partial charge in [0, 0.05) is 0 Å². The zero-order valence-electron chi connectivity index (χ0n) is 38.4. The Labute approximate surface area is 370 Å². The van der Waals surface area contributed by atoms with Crippen LogP contribution in [-0.2, 0) is 0 Å². The van der Waals surface area contributed by atoms with Gasteiger partial charge in [0.15, 0.2) is 0 Å². The molecule has 0 N–H and O–H groups in total. The zero-order valence-corrected chi connectivity index (χ0v) is 46.8. The molecule has 0 amide bonds. The Bertz CT molecular complexity index is 1940. The predicted molar refractivity (Wildman–Crippen MR) is 266 cm³/mol. The number of nitrogens with zero attached hydrogens (tertiary/aromatic N) is 6. The van der Waals surface area contributed by atoms with Crippen LogP contribution in [0.15, 0.2) is 136 Å². The third kappa shape index (κ3) is 11.7. The van der Waals surface area contributed by atoms with Crippen molar-refractivity contribution in [1.29, 1.82) is 0 Å². The van der Waals surface area contributed by atoms with E-state index in [0.717, 1.165) is 12.8 Å². The fourth-order valence-electron chi connectivity index (χ4n) is 8.35. The second-order valence-corrected chi connectivity index (χ2v) is 50.7. The van der Waals surface area contributed by atoms with E-state index in [1.807, 2.05) is 0 Å². The van der Waals surface area contributed by atoms with Gasteiger partial charge in [0.05, 0.1) is 0 Å². The van der Waals surface area contributed by atoms with E-state index >= 15 is 0 Å². The van der Waals surface area contributed by atoms with Crippen LogP contribution >= 0.6 is 14.4 Å². The van der Waals surface area contributed by atoms with Gasteiger partial charge in [-0.2, -0.15) is 0 Å². The van der Waals surface area contributed by atoms with Crippen LogP contribution in [0.1, 0.15) is 82.1 Å². The summed E-state index contributed by atoms with van der Waals surface area (Å²) in [6.07, 6.45) is 2.10. The topological polar surface area (TPSA) is 55.9 Å². The molecule has 6 nitrogen and oxygen atoms in total. The van der Waals surface area contributed by atoms with Crippen LogP contribution < -0.4 is 21.2 Å². The number of rotatable bonds is 12. The van der Waals surface area contributed by atoms with Gasteiger partial charge in [0.25, 0.3) is 0 Å². The molecule has 0 aliphatic carbocycles. The standard InChI is InChI=1S/C46H72N6P2Si2Te2/c1-43(2,3)37-45(7,8)51-57(49-53(47-55(11,12)13,39-29-21-17-22-30-39)40-31-23-18-24-32-40)52(46(9,10)38-44(4,5)6)58(51)50-54(48-56(14,15)16,41-33-25-19-26-34-41)42-35-27-20-28-36-42/h17-36H,37-38H2,1-16H3. The van der Waals surface area contributed by atoms with E-state index in [1.54, 1.807) is 0 Å². The fraction of sp³-hybridized carbons (Fsp3) is 0.478. The van der Waals surface area contributed by atoms with Gasteiger partial charge in [0.2, 0.25) is 0 Å². The third-order valence-electron chi connectivity index (χ3n) is 9.24. The molecule has 1 saturated heterocycles. The Morgan fingerprint density at radius 1 is 0.414 bits per heavy atom. The summed E-state index contributed by atoms with van der Waals surface area (Å²) in [4.78, 5) is 0. The summed E-state index contributed by atoms with van der Waals surface area (Å²) in [5.41, 5.74) is -0.0596. The molecule has 0 unspecified atom stereocenters. The number of benzene rings is 4. The summed E-state index contributed by atoms with van der Waals surface area (Å²) >= 11 is -5.69. The molecule has 4 aromatic carbocycles. The molecule has 58 heavy (non-hydrogen) atoms. The van der Waals surface area contributed by atoms with Gasteiger partial charge in [-0.3, -0.25) is 0 Å². The fourth-order valence-corrected chi connectivity index (χ4v) is 53.6. The van der Waals surface area contributed by atoms with Crippen molar-refractivity contribution in [2.45, 2.75) is 132 Å². The monoisotopic (exact) mass is 1090 g/mol. The van der Waals surface area contributed by atoms with Crippen molar-refractivity contribution < 1.29 is 0 Å². The summed E-state index contributed by atoms with van der Waals surface area (Å²) in [5.74, 6) is 0. The zero-order chi connectivity index (χ0) is 43.0. The Kier molecular flexibility index (Phi) is 14.8. The molecule has 0 aromatic heterocycles. The van der Waals surface area contributed by atoms with Gasteiger partial charge in [-0.05, 0) is 0 Å². The Morgan fingerprint density at radius 2 is 0.638 bits per heavy atom. The SMILES string of the molecule is CC(C)(C)CC(C)(C)N1[Te](=NP(=N[Si](C)(C)C)(c2ccccc2)c2ccccc2)N(C(C)(C)CC(C)(C)C)[Te]1=NP(=N[Si](C)(C)C)(c1ccccc1)c1ccccc1. The predicted octanol–water partition coefficient (Wildman–Crippen LogP) is 12.7. The maximum absolute atomic E-state index is 6.57. The molecule has 0 atom stereocenters. The van der Waals surface area contributed by atoms with E-state index in [0.29, 0.717) is 0 Å². The molecule has 0 saturated carbocycles. The van der Waals surface area contributed by atoms with E-state index in [4.69, 9.17) is 14.7 Å². The molecule has 5 rings (SSSR count). The van der Waals surface area contributed by atoms with E-state index in [2.05, 4.69) is 233 Å². The second-order valence-electron chi connectivity index (χ2n) is 21.4. The van der Waals surface area contributed by atoms with Crippen LogP contribution in [0.5, 0.6) is 0 Å². The van der Waals surface area contributed by atoms with Gasteiger partial charge in [-0.1, -0.05) is 0 Å².